The molecule has 0 radical (unpaired) electrons. The first-order valence-corrected chi connectivity index (χ1v) is 6.78. The Labute approximate surface area is 113 Å². The highest BCUT2D eigenvalue weighted by molar-refractivity contribution is 6.32. The van der Waals surface area contributed by atoms with Gasteiger partial charge in [-0.25, -0.2) is 0 Å². The first kappa shape index (κ1) is 15.2. The van der Waals surface area contributed by atoms with Gasteiger partial charge in [0.1, 0.15) is 0 Å². The van der Waals surface area contributed by atoms with Crippen LogP contribution in [0.15, 0.2) is 0 Å². The van der Waals surface area contributed by atoms with Crippen LogP contribution in [0.1, 0.15) is 38.6 Å². The Bertz CT molecular complexity index is 428. The van der Waals surface area contributed by atoms with Gasteiger partial charge in [-0.2, -0.15) is 5.10 Å². The molecule has 2 atom stereocenters. The summed E-state index contributed by atoms with van der Waals surface area (Å²) in [5.41, 5.74) is 7.53. The van der Waals surface area contributed by atoms with Crippen molar-refractivity contribution in [2.75, 3.05) is 0 Å². The van der Waals surface area contributed by atoms with E-state index >= 15 is 0 Å². The molecule has 0 spiro atoms. The van der Waals surface area contributed by atoms with Crippen molar-refractivity contribution < 1.29 is 4.79 Å². The van der Waals surface area contributed by atoms with E-state index in [0.717, 1.165) is 24.2 Å². The Kier molecular flexibility index (Phi) is 5.35. The molecule has 0 aliphatic carbocycles. The second kappa shape index (κ2) is 6.34. The molecule has 0 saturated heterocycles. The number of hydrogen-bond acceptors (Lipinski definition) is 3. The number of carbonyl (C=O) groups is 1. The van der Waals surface area contributed by atoms with Crippen molar-refractivity contribution in [2.24, 2.45) is 18.7 Å². The third-order valence-corrected chi connectivity index (χ3v) is 3.91. The van der Waals surface area contributed by atoms with Gasteiger partial charge in [-0.1, -0.05) is 38.8 Å². The van der Waals surface area contributed by atoms with Crippen LogP contribution in [0.25, 0.3) is 0 Å². The molecule has 0 fully saturated rings. The molecule has 0 aromatic carbocycles. The minimum absolute atomic E-state index is 0.0249. The molecule has 0 saturated carbocycles. The van der Waals surface area contributed by atoms with E-state index in [1.807, 2.05) is 27.8 Å². The fourth-order valence-corrected chi connectivity index (χ4v) is 2.23. The summed E-state index contributed by atoms with van der Waals surface area (Å²) in [6.07, 6.45) is 1.92. The topological polar surface area (TPSA) is 60.9 Å². The van der Waals surface area contributed by atoms with Crippen LogP contribution in [0, 0.1) is 5.92 Å². The summed E-state index contributed by atoms with van der Waals surface area (Å²) >= 11 is 6.22. The maximum atomic E-state index is 12.1. The molecule has 0 amide bonds. The van der Waals surface area contributed by atoms with Gasteiger partial charge in [0.25, 0.3) is 0 Å². The second-order valence-corrected chi connectivity index (χ2v) is 5.12. The van der Waals surface area contributed by atoms with Crippen molar-refractivity contribution in [3.63, 3.8) is 0 Å². The summed E-state index contributed by atoms with van der Waals surface area (Å²) < 4.78 is 1.68. The number of carbonyl (C=O) groups excluding carboxylic acids is 1. The van der Waals surface area contributed by atoms with Crippen LogP contribution in [0.3, 0.4) is 0 Å². The number of aryl methyl sites for hydroxylation is 2. The van der Waals surface area contributed by atoms with E-state index in [9.17, 15) is 4.79 Å². The number of Topliss-reactive ketones (excluding diaryl/α,β-unsaturated/α-hetero) is 1. The van der Waals surface area contributed by atoms with Gasteiger partial charge in [0.2, 0.25) is 0 Å². The molecular formula is C13H22ClN3O. The summed E-state index contributed by atoms with van der Waals surface area (Å²) in [7, 11) is 1.81. The molecule has 2 unspecified atom stereocenters. The minimum atomic E-state index is -0.425. The summed E-state index contributed by atoms with van der Waals surface area (Å²) in [6.45, 7) is 6.01. The molecule has 2 N–H and O–H groups in total. The average molecular weight is 272 g/mol. The fourth-order valence-electron chi connectivity index (χ4n) is 1.87. The monoisotopic (exact) mass is 271 g/mol. The SMILES string of the molecule is CCc1nn(C)c(CC(=O)C(N)C(C)CC)c1Cl. The molecule has 1 heterocycles. The lowest BCUT2D eigenvalue weighted by atomic mass is 9.94. The molecular weight excluding hydrogens is 250 g/mol. The summed E-state index contributed by atoms with van der Waals surface area (Å²) in [5.74, 6) is 0.215. The third-order valence-electron chi connectivity index (χ3n) is 3.47. The van der Waals surface area contributed by atoms with E-state index in [1.54, 1.807) is 4.68 Å². The first-order valence-electron chi connectivity index (χ1n) is 6.40. The number of hydrogen-bond donors (Lipinski definition) is 1. The van der Waals surface area contributed by atoms with Crippen molar-refractivity contribution in [1.29, 1.82) is 0 Å². The maximum absolute atomic E-state index is 12.1. The van der Waals surface area contributed by atoms with E-state index in [1.165, 1.54) is 0 Å². The van der Waals surface area contributed by atoms with Crippen LogP contribution in [0.2, 0.25) is 5.02 Å². The number of nitrogens with two attached hydrogens (primary N) is 1. The quantitative estimate of drug-likeness (QED) is 0.862. The summed E-state index contributed by atoms with van der Waals surface area (Å²) in [5, 5.41) is 4.90. The molecule has 0 aliphatic heterocycles. The Hall–Kier alpha value is -0.870. The predicted molar refractivity (Wildman–Crippen MR) is 73.7 cm³/mol. The molecule has 102 valence electrons. The fraction of sp³-hybridized carbons (Fsp3) is 0.692. The van der Waals surface area contributed by atoms with Gasteiger partial charge in [0.05, 0.1) is 28.9 Å². The van der Waals surface area contributed by atoms with Crippen LogP contribution in [0.4, 0.5) is 0 Å². The van der Waals surface area contributed by atoms with E-state index in [4.69, 9.17) is 17.3 Å². The summed E-state index contributed by atoms with van der Waals surface area (Å²) in [6, 6.07) is -0.425. The van der Waals surface area contributed by atoms with Gasteiger partial charge in [0.15, 0.2) is 5.78 Å². The lowest BCUT2D eigenvalue weighted by Gasteiger charge is -2.16. The lowest BCUT2D eigenvalue weighted by molar-refractivity contribution is -0.120. The number of rotatable bonds is 6. The molecule has 18 heavy (non-hydrogen) atoms. The van der Waals surface area contributed by atoms with Crippen LogP contribution in [0.5, 0.6) is 0 Å². The van der Waals surface area contributed by atoms with Gasteiger partial charge < -0.3 is 5.73 Å². The standard InChI is InChI=1S/C13H22ClN3O/c1-5-8(3)13(15)11(18)7-10-12(14)9(6-2)16-17(10)4/h8,13H,5-7,15H2,1-4H3. The van der Waals surface area contributed by atoms with Crippen LogP contribution in [-0.2, 0) is 24.7 Å². The van der Waals surface area contributed by atoms with Crippen molar-refractivity contribution in [1.82, 2.24) is 9.78 Å². The highest BCUT2D eigenvalue weighted by atomic mass is 35.5. The number of halogens is 1. The highest BCUT2D eigenvalue weighted by Crippen LogP contribution is 2.22. The van der Waals surface area contributed by atoms with Crippen LogP contribution >= 0.6 is 11.6 Å². The van der Waals surface area contributed by atoms with E-state index < -0.39 is 6.04 Å². The smallest absolute Gasteiger partial charge is 0.155 e. The average Bonchev–Trinajstić information content (AvgIpc) is 2.63. The van der Waals surface area contributed by atoms with Crippen molar-refractivity contribution in [3.8, 4) is 0 Å². The molecule has 0 aliphatic rings. The minimum Gasteiger partial charge on any atom is -0.321 e. The Morgan fingerprint density at radius 2 is 2.11 bits per heavy atom. The maximum Gasteiger partial charge on any atom is 0.155 e. The molecule has 0 bridgehead atoms. The normalized spacial score (nSPS) is 14.6. The number of ketones is 1. The zero-order valence-electron chi connectivity index (χ0n) is 11.5. The Morgan fingerprint density at radius 3 is 2.56 bits per heavy atom. The lowest BCUT2D eigenvalue weighted by Crippen LogP contribution is -2.38. The zero-order chi connectivity index (χ0) is 13.9. The van der Waals surface area contributed by atoms with E-state index in [2.05, 4.69) is 5.10 Å². The highest BCUT2D eigenvalue weighted by Gasteiger charge is 2.23. The second-order valence-electron chi connectivity index (χ2n) is 4.74. The van der Waals surface area contributed by atoms with E-state index in [0.29, 0.717) is 5.02 Å². The largest absolute Gasteiger partial charge is 0.321 e. The van der Waals surface area contributed by atoms with E-state index in [-0.39, 0.29) is 18.1 Å². The third kappa shape index (κ3) is 3.12. The number of aromatic nitrogens is 2. The molecule has 4 nitrogen and oxygen atoms in total. The molecule has 1 aromatic heterocycles. The molecule has 1 aromatic rings. The zero-order valence-corrected chi connectivity index (χ0v) is 12.3. The van der Waals surface area contributed by atoms with Gasteiger partial charge in [0, 0.05) is 7.05 Å². The Balaban J connectivity index is 2.85. The van der Waals surface area contributed by atoms with Gasteiger partial charge in [-0.3, -0.25) is 9.48 Å². The molecule has 1 rings (SSSR count). The van der Waals surface area contributed by atoms with Crippen molar-refractivity contribution in [3.05, 3.63) is 16.4 Å². The number of nitrogens with zero attached hydrogens (tertiary/aromatic N) is 2. The predicted octanol–water partition coefficient (Wildman–Crippen LogP) is 2.12. The van der Waals surface area contributed by atoms with Crippen LogP contribution < -0.4 is 5.73 Å². The first-order chi connectivity index (χ1) is 8.42. The summed E-state index contributed by atoms with van der Waals surface area (Å²) in [4.78, 5) is 12.1. The van der Waals surface area contributed by atoms with Gasteiger partial charge in [-0.05, 0) is 12.3 Å². The van der Waals surface area contributed by atoms with Crippen molar-refractivity contribution in [2.45, 2.75) is 46.1 Å². The molecule has 5 heteroatoms. The van der Waals surface area contributed by atoms with Gasteiger partial charge >= 0.3 is 0 Å². The van der Waals surface area contributed by atoms with Crippen molar-refractivity contribution >= 4 is 17.4 Å². The van der Waals surface area contributed by atoms with Gasteiger partial charge in [-0.15, -0.1) is 0 Å². The Morgan fingerprint density at radius 1 is 1.50 bits per heavy atom. The van der Waals surface area contributed by atoms with Crippen LogP contribution in [-0.4, -0.2) is 21.6 Å².